The Morgan fingerprint density at radius 1 is 1.43 bits per heavy atom. The van der Waals surface area contributed by atoms with Crippen molar-refractivity contribution in [3.63, 3.8) is 0 Å². The Kier molecular flexibility index (Phi) is 5.63. The Hall–Kier alpha value is -1.54. The van der Waals surface area contributed by atoms with E-state index in [1.54, 1.807) is 0 Å². The molecule has 0 bridgehead atoms. The number of piperidine rings is 1. The predicted octanol–water partition coefficient (Wildman–Crippen LogP) is 1.26. The monoisotopic (exact) mass is 289 g/mol. The maximum Gasteiger partial charge on any atom is 0.120 e. The number of ether oxygens (including phenoxy) is 1. The number of aliphatic hydroxyl groups is 2. The fourth-order valence-electron chi connectivity index (χ4n) is 2.61. The lowest BCUT2D eigenvalue weighted by molar-refractivity contribution is -0.0183. The maximum atomic E-state index is 10.1. The molecule has 1 aliphatic rings. The van der Waals surface area contributed by atoms with Crippen molar-refractivity contribution >= 4 is 0 Å². The van der Waals surface area contributed by atoms with Gasteiger partial charge in [0.1, 0.15) is 19.0 Å². The first-order chi connectivity index (χ1) is 10.1. The van der Waals surface area contributed by atoms with Gasteiger partial charge in [-0.1, -0.05) is 17.9 Å². The Labute approximate surface area is 126 Å². The molecule has 0 aliphatic carbocycles. The molecule has 0 amide bonds. The molecular weight excluding hydrogens is 266 g/mol. The topological polar surface area (TPSA) is 52.9 Å². The molecule has 4 heteroatoms. The molecule has 21 heavy (non-hydrogen) atoms. The minimum atomic E-state index is -0.571. The van der Waals surface area contributed by atoms with Crippen LogP contribution in [-0.2, 0) is 0 Å². The van der Waals surface area contributed by atoms with Gasteiger partial charge in [-0.2, -0.15) is 0 Å². The molecule has 1 saturated heterocycles. The number of likely N-dealkylation sites (tertiary alicyclic amines) is 1. The van der Waals surface area contributed by atoms with Crippen molar-refractivity contribution in [1.82, 2.24) is 4.90 Å². The van der Waals surface area contributed by atoms with E-state index in [1.807, 2.05) is 31.2 Å². The maximum absolute atomic E-state index is 10.1. The Morgan fingerprint density at radius 2 is 2.29 bits per heavy atom. The summed E-state index contributed by atoms with van der Waals surface area (Å²) >= 11 is 0. The van der Waals surface area contributed by atoms with Gasteiger partial charge in [-0.15, -0.1) is 0 Å². The fourth-order valence-corrected chi connectivity index (χ4v) is 2.61. The second-order valence-electron chi connectivity index (χ2n) is 5.71. The zero-order chi connectivity index (χ0) is 15.1. The van der Waals surface area contributed by atoms with Crippen LogP contribution in [0.3, 0.4) is 0 Å². The smallest absolute Gasteiger partial charge is 0.120 e. The van der Waals surface area contributed by atoms with Crippen LogP contribution in [0.15, 0.2) is 24.3 Å². The van der Waals surface area contributed by atoms with E-state index in [1.165, 1.54) is 0 Å². The van der Waals surface area contributed by atoms with Gasteiger partial charge in [0.15, 0.2) is 0 Å². The van der Waals surface area contributed by atoms with E-state index < -0.39 is 5.60 Å². The summed E-state index contributed by atoms with van der Waals surface area (Å²) in [5, 5.41) is 18.8. The summed E-state index contributed by atoms with van der Waals surface area (Å²) in [4.78, 5) is 2.24. The van der Waals surface area contributed by atoms with Crippen LogP contribution >= 0.6 is 0 Å². The molecule has 2 rings (SSSR count). The van der Waals surface area contributed by atoms with Crippen molar-refractivity contribution < 1.29 is 14.9 Å². The summed E-state index contributed by atoms with van der Waals surface area (Å²) in [6.45, 7) is 4.87. The quantitative estimate of drug-likeness (QED) is 0.819. The van der Waals surface area contributed by atoms with Crippen LogP contribution in [0.2, 0.25) is 0 Å². The molecule has 2 N–H and O–H groups in total. The number of β-amino-alcohol motifs (C(OH)–C–C–N with tert-alkyl or cyclic N) is 1. The first-order valence-electron chi connectivity index (χ1n) is 7.36. The zero-order valence-corrected chi connectivity index (χ0v) is 12.5. The summed E-state index contributed by atoms with van der Waals surface area (Å²) in [6, 6.07) is 7.55. The van der Waals surface area contributed by atoms with Crippen LogP contribution in [0.25, 0.3) is 0 Å². The second kappa shape index (κ2) is 7.46. The first-order valence-corrected chi connectivity index (χ1v) is 7.36. The molecule has 0 spiro atoms. The lowest BCUT2D eigenvalue weighted by atomic mass is 9.95. The minimum absolute atomic E-state index is 0.139. The van der Waals surface area contributed by atoms with Crippen LogP contribution in [-0.4, -0.2) is 53.6 Å². The van der Waals surface area contributed by atoms with Crippen LogP contribution in [0, 0.1) is 11.8 Å². The highest BCUT2D eigenvalue weighted by atomic mass is 16.5. The summed E-state index contributed by atoms with van der Waals surface area (Å²) < 4.78 is 5.74. The van der Waals surface area contributed by atoms with E-state index in [4.69, 9.17) is 9.84 Å². The Bertz CT molecular complexity index is 516. The minimum Gasteiger partial charge on any atom is -0.492 e. The van der Waals surface area contributed by atoms with Crippen LogP contribution in [0.5, 0.6) is 5.75 Å². The number of rotatable bonds is 4. The molecule has 0 saturated carbocycles. The van der Waals surface area contributed by atoms with Gasteiger partial charge in [0.2, 0.25) is 0 Å². The largest absolute Gasteiger partial charge is 0.492 e. The normalized spacial score (nSPS) is 22.4. The average Bonchev–Trinajstić information content (AvgIpc) is 2.45. The lowest BCUT2D eigenvalue weighted by Crippen LogP contribution is -2.47. The van der Waals surface area contributed by atoms with Crippen molar-refractivity contribution in [2.45, 2.75) is 25.4 Å². The van der Waals surface area contributed by atoms with Gasteiger partial charge >= 0.3 is 0 Å². The molecule has 1 aliphatic heterocycles. The van der Waals surface area contributed by atoms with Crippen LogP contribution in [0.4, 0.5) is 0 Å². The summed E-state index contributed by atoms with van der Waals surface area (Å²) in [6.07, 6.45) is 1.90. The van der Waals surface area contributed by atoms with Gasteiger partial charge in [0.25, 0.3) is 0 Å². The van der Waals surface area contributed by atoms with Crippen LogP contribution < -0.4 is 4.74 Å². The summed E-state index contributed by atoms with van der Waals surface area (Å²) in [5.74, 6) is 6.27. The first kappa shape index (κ1) is 15.8. The van der Waals surface area contributed by atoms with E-state index in [0.29, 0.717) is 13.2 Å². The molecule has 1 heterocycles. The van der Waals surface area contributed by atoms with Gasteiger partial charge in [-0.3, -0.25) is 4.90 Å². The van der Waals surface area contributed by atoms with Crippen molar-refractivity contribution in [1.29, 1.82) is 0 Å². The van der Waals surface area contributed by atoms with Gasteiger partial charge in [-0.25, -0.2) is 0 Å². The molecular formula is C17H23NO3. The highest BCUT2D eigenvalue weighted by Gasteiger charge is 2.27. The molecule has 0 aromatic heterocycles. The number of nitrogens with zero attached hydrogens (tertiary/aromatic N) is 1. The molecule has 1 unspecified atom stereocenters. The van der Waals surface area contributed by atoms with Gasteiger partial charge in [-0.05, 0) is 44.5 Å². The molecule has 1 aromatic rings. The third-order valence-electron chi connectivity index (χ3n) is 3.58. The van der Waals surface area contributed by atoms with Crippen molar-refractivity contribution in [3.8, 4) is 17.6 Å². The number of benzene rings is 1. The average molecular weight is 289 g/mol. The molecule has 0 radical (unpaired) electrons. The summed E-state index contributed by atoms with van der Waals surface area (Å²) in [5.41, 5.74) is 0.264. The summed E-state index contributed by atoms with van der Waals surface area (Å²) in [7, 11) is 0. The number of hydrogen-bond acceptors (Lipinski definition) is 4. The fraction of sp³-hybridized carbons (Fsp3) is 0.529. The van der Waals surface area contributed by atoms with Gasteiger partial charge in [0, 0.05) is 18.7 Å². The van der Waals surface area contributed by atoms with E-state index in [0.717, 1.165) is 37.2 Å². The molecule has 1 atom stereocenters. The van der Waals surface area contributed by atoms with Gasteiger partial charge < -0.3 is 14.9 Å². The molecule has 114 valence electrons. The highest BCUT2D eigenvalue weighted by Crippen LogP contribution is 2.20. The third-order valence-corrected chi connectivity index (χ3v) is 3.58. The number of aliphatic hydroxyl groups excluding tert-OH is 1. The lowest BCUT2D eigenvalue weighted by Gasteiger charge is -2.36. The van der Waals surface area contributed by atoms with E-state index in [2.05, 4.69) is 16.7 Å². The van der Waals surface area contributed by atoms with E-state index in [-0.39, 0.29) is 6.61 Å². The number of hydrogen-bond donors (Lipinski definition) is 2. The Balaban J connectivity index is 1.80. The van der Waals surface area contributed by atoms with Crippen molar-refractivity contribution in [2.75, 3.05) is 32.8 Å². The van der Waals surface area contributed by atoms with Crippen molar-refractivity contribution in [3.05, 3.63) is 29.8 Å². The predicted molar refractivity (Wildman–Crippen MR) is 82.2 cm³/mol. The Morgan fingerprint density at radius 3 is 3.05 bits per heavy atom. The zero-order valence-electron chi connectivity index (χ0n) is 12.5. The van der Waals surface area contributed by atoms with Gasteiger partial charge in [0.05, 0.1) is 5.60 Å². The van der Waals surface area contributed by atoms with E-state index >= 15 is 0 Å². The molecule has 1 fully saturated rings. The van der Waals surface area contributed by atoms with Crippen molar-refractivity contribution in [2.24, 2.45) is 0 Å². The van der Waals surface area contributed by atoms with E-state index in [9.17, 15) is 5.11 Å². The molecule has 1 aromatic carbocycles. The van der Waals surface area contributed by atoms with Crippen LogP contribution in [0.1, 0.15) is 25.3 Å². The standard InChI is InChI=1S/C17H23NO3/c1-17(20)8-4-9-18(14-17)10-12-21-16-7-2-5-15(13-16)6-3-11-19/h2,5,7,13,19-20H,4,8-12,14H2,1H3. The second-order valence-corrected chi connectivity index (χ2v) is 5.71. The SMILES string of the molecule is CC1(O)CCCN(CCOc2cccc(C#CCO)c2)C1. The molecule has 4 nitrogen and oxygen atoms in total. The highest BCUT2D eigenvalue weighted by molar-refractivity contribution is 5.39. The third kappa shape index (κ3) is 5.39.